The molecule has 34 heavy (non-hydrogen) atoms. The Hall–Kier alpha value is -3.36. The van der Waals surface area contributed by atoms with Crippen LogP contribution in [-0.2, 0) is 14.8 Å². The molecule has 4 rings (SSSR count). The summed E-state index contributed by atoms with van der Waals surface area (Å²) in [6.45, 7) is 0. The van der Waals surface area contributed by atoms with Crippen molar-refractivity contribution in [2.24, 2.45) is 0 Å². The van der Waals surface area contributed by atoms with E-state index in [0.29, 0.717) is 40.2 Å². The van der Waals surface area contributed by atoms with Gasteiger partial charge in [-0.25, -0.2) is 13.2 Å². The number of nitrogens with one attached hydrogen (secondary N) is 1. The van der Waals surface area contributed by atoms with Crippen molar-refractivity contribution in [3.63, 3.8) is 0 Å². The Morgan fingerprint density at radius 3 is 2.26 bits per heavy atom. The number of hydrogen-bond acceptors (Lipinski definition) is 4. The maximum Gasteiger partial charge on any atom is 0.326 e. The SMILES string of the molecule is CS(=O)(=O)Nc1ccccc1-c1ccc(C(=O)N2[C@@H](c3ccccc3Cl)CC[C@H]2C(=O)O)cc1. The first-order valence-electron chi connectivity index (χ1n) is 10.6. The molecule has 7 nitrogen and oxygen atoms in total. The molecule has 176 valence electrons. The number of carboxylic acids is 1. The summed E-state index contributed by atoms with van der Waals surface area (Å²) in [6, 6.07) is 19.4. The van der Waals surface area contributed by atoms with Crippen molar-refractivity contribution in [2.45, 2.75) is 24.9 Å². The van der Waals surface area contributed by atoms with E-state index in [-0.39, 0.29) is 0 Å². The first kappa shape index (κ1) is 23.8. The summed E-state index contributed by atoms with van der Waals surface area (Å²) in [4.78, 5) is 26.8. The lowest BCUT2D eigenvalue weighted by atomic mass is 10.0. The number of sulfonamides is 1. The van der Waals surface area contributed by atoms with Crippen LogP contribution >= 0.6 is 11.6 Å². The molecule has 1 saturated heterocycles. The van der Waals surface area contributed by atoms with Gasteiger partial charge in [-0.05, 0) is 48.2 Å². The number of halogens is 1. The van der Waals surface area contributed by atoms with E-state index in [9.17, 15) is 23.1 Å². The van der Waals surface area contributed by atoms with E-state index < -0.39 is 34.0 Å². The van der Waals surface area contributed by atoms with Crippen LogP contribution in [-0.4, -0.2) is 42.6 Å². The van der Waals surface area contributed by atoms with Gasteiger partial charge in [-0.1, -0.05) is 60.1 Å². The molecule has 0 spiro atoms. The molecule has 1 amide bonds. The molecule has 0 aliphatic carbocycles. The number of carbonyl (C=O) groups is 2. The highest BCUT2D eigenvalue weighted by Gasteiger charge is 2.42. The number of rotatable bonds is 6. The van der Waals surface area contributed by atoms with Crippen molar-refractivity contribution in [3.8, 4) is 11.1 Å². The monoisotopic (exact) mass is 498 g/mol. The Labute approximate surface area is 203 Å². The predicted molar refractivity (Wildman–Crippen MR) is 131 cm³/mol. The molecule has 1 aliphatic heterocycles. The third-order valence-corrected chi connectivity index (χ3v) is 6.77. The van der Waals surface area contributed by atoms with Gasteiger partial charge in [-0.2, -0.15) is 0 Å². The standard InChI is InChI=1S/C25H23ClN2O5S/c1-34(32,33)27-21-9-5-3-6-18(21)16-10-12-17(13-11-16)24(29)28-22(14-15-23(28)25(30)31)19-7-2-4-8-20(19)26/h2-13,22-23,27H,14-15H2,1H3,(H,30,31)/t22-,23+/m1/s1. The minimum absolute atomic E-state index is 0.333. The van der Waals surface area contributed by atoms with Crippen LogP contribution in [0.4, 0.5) is 5.69 Å². The van der Waals surface area contributed by atoms with Crippen molar-refractivity contribution >= 4 is 39.2 Å². The molecular formula is C25H23ClN2O5S. The predicted octanol–water partition coefficient (Wildman–Crippen LogP) is 4.81. The highest BCUT2D eigenvalue weighted by atomic mass is 35.5. The van der Waals surface area contributed by atoms with Crippen LogP contribution in [0.25, 0.3) is 11.1 Å². The molecule has 3 aromatic rings. The molecule has 1 heterocycles. The number of amides is 1. The van der Waals surface area contributed by atoms with Gasteiger partial charge < -0.3 is 10.0 Å². The first-order valence-corrected chi connectivity index (χ1v) is 12.9. The number of likely N-dealkylation sites (tertiary alicyclic amines) is 1. The van der Waals surface area contributed by atoms with Gasteiger partial charge >= 0.3 is 5.97 Å². The van der Waals surface area contributed by atoms with E-state index in [2.05, 4.69) is 4.72 Å². The van der Waals surface area contributed by atoms with E-state index in [1.807, 2.05) is 12.1 Å². The lowest BCUT2D eigenvalue weighted by Crippen LogP contribution is -2.41. The second-order valence-corrected chi connectivity index (χ2v) is 10.3. The summed E-state index contributed by atoms with van der Waals surface area (Å²) in [6.07, 6.45) is 1.91. The van der Waals surface area contributed by atoms with Crippen molar-refractivity contribution in [1.82, 2.24) is 4.90 Å². The van der Waals surface area contributed by atoms with Gasteiger partial charge in [0, 0.05) is 16.1 Å². The summed E-state index contributed by atoms with van der Waals surface area (Å²) in [7, 11) is -3.47. The third kappa shape index (κ3) is 4.93. The number of anilines is 1. The number of carboxylic acid groups (broad SMARTS) is 1. The van der Waals surface area contributed by atoms with E-state index in [1.54, 1.807) is 60.7 Å². The lowest BCUT2D eigenvalue weighted by Gasteiger charge is -2.29. The molecule has 2 N–H and O–H groups in total. The number of carbonyl (C=O) groups excluding carboxylic acids is 1. The molecule has 1 fully saturated rings. The summed E-state index contributed by atoms with van der Waals surface area (Å²) >= 11 is 6.36. The maximum atomic E-state index is 13.5. The fourth-order valence-corrected chi connectivity index (χ4v) is 5.19. The number of hydrogen-bond donors (Lipinski definition) is 2. The molecule has 1 aliphatic rings. The summed E-state index contributed by atoms with van der Waals surface area (Å²) < 4.78 is 25.9. The molecule has 9 heteroatoms. The van der Waals surface area contributed by atoms with Crippen molar-refractivity contribution in [2.75, 3.05) is 11.0 Å². The summed E-state index contributed by atoms with van der Waals surface area (Å²) in [5.74, 6) is -1.45. The van der Waals surface area contributed by atoms with Crippen LogP contribution < -0.4 is 4.72 Å². The Morgan fingerprint density at radius 1 is 0.971 bits per heavy atom. The average molecular weight is 499 g/mol. The Morgan fingerprint density at radius 2 is 1.62 bits per heavy atom. The van der Waals surface area contributed by atoms with Gasteiger partial charge in [-0.3, -0.25) is 9.52 Å². The normalized spacial score (nSPS) is 18.0. The van der Waals surface area contributed by atoms with Crippen molar-refractivity contribution in [3.05, 3.63) is 88.9 Å². The largest absolute Gasteiger partial charge is 0.480 e. The molecule has 3 aromatic carbocycles. The Bertz CT molecular complexity index is 1340. The van der Waals surface area contributed by atoms with Crippen LogP contribution in [0.1, 0.15) is 34.8 Å². The molecule has 2 atom stereocenters. The smallest absolute Gasteiger partial charge is 0.326 e. The van der Waals surface area contributed by atoms with Gasteiger partial charge in [0.2, 0.25) is 10.0 Å². The Kier molecular flexibility index (Phi) is 6.63. The van der Waals surface area contributed by atoms with Crippen LogP contribution in [0.5, 0.6) is 0 Å². The summed E-state index contributed by atoms with van der Waals surface area (Å²) in [5.41, 5.74) is 2.85. The second-order valence-electron chi connectivity index (χ2n) is 8.18. The zero-order chi connectivity index (χ0) is 24.5. The molecular weight excluding hydrogens is 476 g/mol. The maximum absolute atomic E-state index is 13.5. The minimum Gasteiger partial charge on any atom is -0.480 e. The number of nitrogens with zero attached hydrogens (tertiary/aromatic N) is 1. The lowest BCUT2D eigenvalue weighted by molar-refractivity contribution is -0.141. The second kappa shape index (κ2) is 9.48. The average Bonchev–Trinajstić information content (AvgIpc) is 3.24. The molecule has 0 radical (unpaired) electrons. The summed E-state index contributed by atoms with van der Waals surface area (Å²) in [5, 5.41) is 10.2. The van der Waals surface area contributed by atoms with Crippen LogP contribution in [0, 0.1) is 0 Å². The molecule has 0 unspecified atom stereocenters. The van der Waals surface area contributed by atoms with Crippen molar-refractivity contribution < 1.29 is 23.1 Å². The van der Waals surface area contributed by atoms with E-state index >= 15 is 0 Å². The number of aliphatic carboxylic acids is 1. The van der Waals surface area contributed by atoms with Gasteiger partial charge in [0.25, 0.3) is 5.91 Å². The zero-order valence-corrected chi connectivity index (χ0v) is 19.9. The van der Waals surface area contributed by atoms with Crippen LogP contribution in [0.3, 0.4) is 0 Å². The fraction of sp³-hybridized carbons (Fsp3) is 0.200. The highest BCUT2D eigenvalue weighted by molar-refractivity contribution is 7.92. The van der Waals surface area contributed by atoms with E-state index in [1.165, 1.54) is 4.90 Å². The van der Waals surface area contributed by atoms with E-state index in [4.69, 9.17) is 11.6 Å². The fourth-order valence-electron chi connectivity index (χ4n) is 4.35. The quantitative estimate of drug-likeness (QED) is 0.507. The first-order chi connectivity index (χ1) is 16.2. The highest BCUT2D eigenvalue weighted by Crippen LogP contribution is 2.40. The van der Waals surface area contributed by atoms with Gasteiger partial charge in [0.15, 0.2) is 0 Å². The number of benzene rings is 3. The number of para-hydroxylation sites is 1. The van der Waals surface area contributed by atoms with Gasteiger partial charge in [0.1, 0.15) is 6.04 Å². The molecule has 0 saturated carbocycles. The Balaban J connectivity index is 1.67. The minimum atomic E-state index is -3.47. The third-order valence-electron chi connectivity index (χ3n) is 5.83. The van der Waals surface area contributed by atoms with Crippen molar-refractivity contribution in [1.29, 1.82) is 0 Å². The van der Waals surface area contributed by atoms with Crippen LogP contribution in [0.15, 0.2) is 72.8 Å². The van der Waals surface area contributed by atoms with Gasteiger partial charge in [0.05, 0.1) is 18.0 Å². The topological polar surface area (TPSA) is 104 Å². The van der Waals surface area contributed by atoms with Gasteiger partial charge in [-0.15, -0.1) is 0 Å². The zero-order valence-electron chi connectivity index (χ0n) is 18.3. The van der Waals surface area contributed by atoms with E-state index in [0.717, 1.165) is 11.8 Å². The van der Waals surface area contributed by atoms with Crippen LogP contribution in [0.2, 0.25) is 5.02 Å². The molecule has 0 aromatic heterocycles. The molecule has 0 bridgehead atoms.